The Morgan fingerprint density at radius 1 is 1.28 bits per heavy atom. The van der Waals surface area contributed by atoms with E-state index in [1.807, 2.05) is 24.3 Å². The number of hydrogen-bond donors (Lipinski definition) is 1. The summed E-state index contributed by atoms with van der Waals surface area (Å²) < 4.78 is 33.6. The van der Waals surface area contributed by atoms with Gasteiger partial charge in [0.15, 0.2) is 0 Å². The van der Waals surface area contributed by atoms with Crippen LogP contribution < -0.4 is 5.14 Å². The first-order chi connectivity index (χ1) is 8.59. The Kier molecular flexibility index (Phi) is 4.37. The van der Waals surface area contributed by atoms with E-state index in [0.29, 0.717) is 0 Å². The van der Waals surface area contributed by atoms with Crippen LogP contribution in [0.15, 0.2) is 24.3 Å². The molecule has 102 valence electrons. The highest BCUT2D eigenvalue weighted by Crippen LogP contribution is 2.22. The molecule has 4 nitrogen and oxygen atoms in total. The van der Waals surface area contributed by atoms with Gasteiger partial charge in [-0.15, -0.1) is 0 Å². The van der Waals surface area contributed by atoms with E-state index in [0.717, 1.165) is 5.56 Å². The molecule has 0 aromatic heterocycles. The molecule has 1 aromatic rings. The fraction of sp³-hybridized carbons (Fsp3) is 0.538. The number of aryl methyl sites for hydroxylation is 1. The minimum Gasteiger partial charge on any atom is -0.258 e. The fourth-order valence-electron chi connectivity index (χ4n) is 1.51. The van der Waals surface area contributed by atoms with Gasteiger partial charge in [-0.2, -0.15) is 8.42 Å². The standard InChI is InChI=1S/C13H21NO3S/c1-13(2,3)12-8-6-11(7-9-12)5-4-10-17-18(14,15)16/h6-9H,4-5,10H2,1-3H3,(H2,14,15,16)/i5D. The minimum absolute atomic E-state index is 0.0754. The quantitative estimate of drug-likeness (QED) is 0.892. The number of benzene rings is 1. The molecule has 0 radical (unpaired) electrons. The lowest BCUT2D eigenvalue weighted by Crippen LogP contribution is -2.16. The third kappa shape index (κ3) is 5.62. The third-order valence-electron chi connectivity index (χ3n) is 2.52. The van der Waals surface area contributed by atoms with Crippen molar-refractivity contribution in [3.8, 4) is 0 Å². The molecule has 1 aromatic carbocycles. The van der Waals surface area contributed by atoms with E-state index >= 15 is 0 Å². The second kappa shape index (κ2) is 5.82. The van der Waals surface area contributed by atoms with E-state index < -0.39 is 16.7 Å². The summed E-state index contributed by atoms with van der Waals surface area (Å²) >= 11 is 0. The second-order valence-electron chi connectivity index (χ2n) is 5.18. The summed E-state index contributed by atoms with van der Waals surface area (Å²) in [5.74, 6) is 0. The van der Waals surface area contributed by atoms with Crippen LogP contribution in [0.4, 0.5) is 0 Å². The van der Waals surface area contributed by atoms with Crippen LogP contribution in [-0.2, 0) is 26.3 Å². The summed E-state index contributed by atoms with van der Waals surface area (Å²) in [7, 11) is -3.91. The van der Waals surface area contributed by atoms with Gasteiger partial charge in [0, 0.05) is 1.37 Å². The lowest BCUT2D eigenvalue weighted by Gasteiger charge is -2.19. The first kappa shape index (κ1) is 13.5. The van der Waals surface area contributed by atoms with Gasteiger partial charge in [-0.1, -0.05) is 45.0 Å². The van der Waals surface area contributed by atoms with Gasteiger partial charge in [-0.25, -0.2) is 5.14 Å². The highest BCUT2D eigenvalue weighted by Gasteiger charge is 2.12. The van der Waals surface area contributed by atoms with E-state index in [-0.39, 0.29) is 18.4 Å². The maximum atomic E-state index is 10.6. The van der Waals surface area contributed by atoms with Crippen molar-refractivity contribution >= 4 is 10.3 Å². The average molecular weight is 272 g/mol. The summed E-state index contributed by atoms with van der Waals surface area (Å²) in [6.45, 7) is 6.30. The SMILES string of the molecule is [2H]C(CCOS(N)(=O)=O)c1ccc(C(C)(C)C)cc1. The van der Waals surface area contributed by atoms with Gasteiger partial charge in [0.1, 0.15) is 0 Å². The molecule has 18 heavy (non-hydrogen) atoms. The van der Waals surface area contributed by atoms with Gasteiger partial charge in [-0.05, 0) is 29.4 Å². The fourth-order valence-corrected chi connectivity index (χ4v) is 1.84. The molecule has 0 fully saturated rings. The highest BCUT2D eigenvalue weighted by atomic mass is 32.2. The van der Waals surface area contributed by atoms with Crippen molar-refractivity contribution in [2.75, 3.05) is 6.61 Å². The second-order valence-corrected chi connectivity index (χ2v) is 6.40. The number of hydrogen-bond acceptors (Lipinski definition) is 3. The maximum Gasteiger partial charge on any atom is 0.333 e. The summed E-state index contributed by atoms with van der Waals surface area (Å²) in [5.41, 5.74) is 2.11. The molecule has 0 spiro atoms. The Hall–Kier alpha value is -0.910. The molecular formula is C13H21NO3S. The predicted octanol–water partition coefficient (Wildman–Crippen LogP) is 2.14. The molecule has 1 unspecified atom stereocenters. The minimum atomic E-state index is -3.91. The zero-order chi connectivity index (χ0) is 14.7. The monoisotopic (exact) mass is 272 g/mol. The Morgan fingerprint density at radius 3 is 2.28 bits per heavy atom. The van der Waals surface area contributed by atoms with E-state index in [1.165, 1.54) is 5.56 Å². The smallest absolute Gasteiger partial charge is 0.258 e. The van der Waals surface area contributed by atoms with E-state index in [9.17, 15) is 8.42 Å². The number of nitrogens with two attached hydrogens (primary N) is 1. The molecule has 0 aliphatic heterocycles. The zero-order valence-electron chi connectivity index (χ0n) is 12.0. The Balaban J connectivity index is 2.61. The summed E-state index contributed by atoms with van der Waals surface area (Å²) in [6, 6.07) is 7.79. The van der Waals surface area contributed by atoms with Crippen LogP contribution in [0.3, 0.4) is 0 Å². The van der Waals surface area contributed by atoms with Crippen molar-refractivity contribution in [3.63, 3.8) is 0 Å². The summed E-state index contributed by atoms with van der Waals surface area (Å²) in [6.07, 6.45) is -0.235. The largest absolute Gasteiger partial charge is 0.333 e. The van der Waals surface area contributed by atoms with Crippen LogP contribution >= 0.6 is 0 Å². The van der Waals surface area contributed by atoms with Gasteiger partial charge in [0.2, 0.25) is 0 Å². The molecule has 2 N–H and O–H groups in total. The molecular weight excluding hydrogens is 250 g/mol. The van der Waals surface area contributed by atoms with Gasteiger partial charge in [0.25, 0.3) is 0 Å². The Bertz CT molecular complexity index is 506. The summed E-state index contributed by atoms with van der Waals surface area (Å²) in [4.78, 5) is 0. The molecule has 0 bridgehead atoms. The Morgan fingerprint density at radius 2 is 1.83 bits per heavy atom. The lowest BCUT2D eigenvalue weighted by molar-refractivity contribution is 0.313. The van der Waals surface area contributed by atoms with Crippen molar-refractivity contribution in [1.29, 1.82) is 0 Å². The van der Waals surface area contributed by atoms with Crippen LogP contribution in [0.1, 0.15) is 39.7 Å². The van der Waals surface area contributed by atoms with Gasteiger partial charge in [0.05, 0.1) is 6.61 Å². The van der Waals surface area contributed by atoms with Crippen LogP contribution in [0.25, 0.3) is 0 Å². The van der Waals surface area contributed by atoms with E-state index in [1.54, 1.807) is 0 Å². The van der Waals surface area contributed by atoms with E-state index in [2.05, 4.69) is 25.0 Å². The highest BCUT2D eigenvalue weighted by molar-refractivity contribution is 7.84. The van der Waals surface area contributed by atoms with Crippen molar-refractivity contribution < 1.29 is 14.0 Å². The molecule has 5 heteroatoms. The topological polar surface area (TPSA) is 69.4 Å². The van der Waals surface area contributed by atoms with Gasteiger partial charge < -0.3 is 0 Å². The van der Waals surface area contributed by atoms with Gasteiger partial charge in [-0.3, -0.25) is 4.18 Å². The van der Waals surface area contributed by atoms with Crippen molar-refractivity contribution in [2.45, 2.75) is 39.0 Å². The first-order valence-corrected chi connectivity index (χ1v) is 7.26. The van der Waals surface area contributed by atoms with Crippen LogP contribution in [0.2, 0.25) is 0 Å². The van der Waals surface area contributed by atoms with Crippen LogP contribution in [0, 0.1) is 0 Å². The Labute approximate surface area is 111 Å². The first-order valence-electron chi connectivity index (χ1n) is 6.37. The van der Waals surface area contributed by atoms with Crippen LogP contribution in [-0.4, -0.2) is 15.0 Å². The lowest BCUT2D eigenvalue weighted by atomic mass is 9.86. The number of rotatable bonds is 5. The maximum absolute atomic E-state index is 10.6. The van der Waals surface area contributed by atoms with Crippen molar-refractivity contribution in [3.05, 3.63) is 35.4 Å². The molecule has 0 heterocycles. The normalized spacial score (nSPS) is 15.2. The molecule has 1 rings (SSSR count). The zero-order valence-corrected chi connectivity index (χ0v) is 11.8. The predicted molar refractivity (Wildman–Crippen MR) is 72.5 cm³/mol. The van der Waals surface area contributed by atoms with Crippen LogP contribution in [0.5, 0.6) is 0 Å². The summed E-state index contributed by atoms with van der Waals surface area (Å²) in [5, 5.41) is 4.72. The molecule has 0 aliphatic rings. The molecule has 1 atom stereocenters. The van der Waals surface area contributed by atoms with E-state index in [4.69, 9.17) is 6.51 Å². The van der Waals surface area contributed by atoms with Gasteiger partial charge >= 0.3 is 10.3 Å². The molecule has 0 amide bonds. The molecule has 0 aliphatic carbocycles. The third-order valence-corrected chi connectivity index (χ3v) is 3.02. The molecule has 0 saturated carbocycles. The van der Waals surface area contributed by atoms with Crippen molar-refractivity contribution in [1.82, 2.24) is 0 Å². The average Bonchev–Trinajstić information content (AvgIpc) is 2.26. The molecule has 0 saturated heterocycles. The van der Waals surface area contributed by atoms with Crippen molar-refractivity contribution in [2.24, 2.45) is 5.14 Å².